The number of hydrogen-bond donors (Lipinski definition) is 0. The van der Waals surface area contributed by atoms with Crippen LogP contribution < -0.4 is 0 Å². The van der Waals surface area contributed by atoms with Crippen molar-refractivity contribution in [1.29, 1.82) is 0 Å². The Morgan fingerprint density at radius 2 is 2.07 bits per heavy atom. The van der Waals surface area contributed by atoms with Crippen molar-refractivity contribution in [3.05, 3.63) is 0 Å². The van der Waals surface area contributed by atoms with Gasteiger partial charge >= 0.3 is 0 Å². The summed E-state index contributed by atoms with van der Waals surface area (Å²) in [6.07, 6.45) is 10.3. The lowest BCUT2D eigenvalue weighted by Crippen LogP contribution is -2.17. The fourth-order valence-electron chi connectivity index (χ4n) is 2.17. The monoisotopic (exact) mass is 210 g/mol. The first kappa shape index (κ1) is 12.2. The van der Waals surface area contributed by atoms with E-state index in [9.17, 15) is 0 Å². The first-order chi connectivity index (χ1) is 7.38. The van der Waals surface area contributed by atoms with Crippen LogP contribution in [0.15, 0.2) is 10.2 Å². The molecule has 0 aliphatic heterocycles. The normalized spacial score (nSPS) is 19.7. The zero-order chi connectivity index (χ0) is 10.9. The molecule has 0 heterocycles. The molecule has 0 amide bonds. The highest BCUT2D eigenvalue weighted by atomic mass is 16.5. The third kappa shape index (κ3) is 4.45. The molecule has 0 saturated heterocycles. The average molecular weight is 210 g/mol. The van der Waals surface area contributed by atoms with Crippen molar-refractivity contribution in [3.8, 4) is 0 Å². The molecule has 1 saturated carbocycles. The van der Waals surface area contributed by atoms with E-state index >= 15 is 0 Å². The number of hydrogen-bond acceptors (Lipinski definition) is 3. The van der Waals surface area contributed by atoms with Gasteiger partial charge in [-0.2, -0.15) is 5.10 Å². The van der Waals surface area contributed by atoms with E-state index in [0.717, 1.165) is 12.8 Å². The molecule has 0 aromatic heterocycles. The summed E-state index contributed by atoms with van der Waals surface area (Å²) in [6.45, 7) is 2.19. The molecule has 3 nitrogen and oxygen atoms in total. The maximum atomic E-state index is 4.76. The lowest BCUT2D eigenvalue weighted by atomic mass is 9.84. The molecule has 1 fully saturated rings. The molecular weight excluding hydrogens is 188 g/mol. The number of methoxy groups -OCH3 is 1. The Balaban J connectivity index is 2.54. The minimum absolute atomic E-state index is 0.674. The van der Waals surface area contributed by atoms with Crippen molar-refractivity contribution in [1.82, 2.24) is 0 Å². The fourth-order valence-corrected chi connectivity index (χ4v) is 2.17. The highest BCUT2D eigenvalue weighted by Crippen LogP contribution is 2.26. The van der Waals surface area contributed by atoms with Crippen LogP contribution in [-0.4, -0.2) is 19.2 Å². The largest absolute Gasteiger partial charge is 0.485 e. The van der Waals surface area contributed by atoms with Crippen LogP contribution in [0.4, 0.5) is 0 Å². The highest BCUT2D eigenvalue weighted by molar-refractivity contribution is 5.86. The van der Waals surface area contributed by atoms with Crippen LogP contribution in [0.5, 0.6) is 0 Å². The summed E-state index contributed by atoms with van der Waals surface area (Å²) in [4.78, 5) is 0. The number of rotatable bonds is 5. The number of nitrogens with zero attached hydrogens (tertiary/aromatic N) is 2. The van der Waals surface area contributed by atoms with E-state index in [-0.39, 0.29) is 0 Å². The first-order valence-electron chi connectivity index (χ1n) is 5.99. The van der Waals surface area contributed by atoms with Crippen LogP contribution in [0, 0.1) is 5.92 Å². The molecule has 0 aromatic rings. The molecule has 3 heteroatoms. The second-order valence-corrected chi connectivity index (χ2v) is 4.13. The van der Waals surface area contributed by atoms with Crippen LogP contribution in [0.1, 0.15) is 51.9 Å². The van der Waals surface area contributed by atoms with Gasteiger partial charge in [0.1, 0.15) is 0 Å². The van der Waals surface area contributed by atoms with Gasteiger partial charge in [-0.15, -0.1) is 5.10 Å². The van der Waals surface area contributed by atoms with Gasteiger partial charge in [-0.1, -0.05) is 32.6 Å². The van der Waals surface area contributed by atoms with E-state index in [1.165, 1.54) is 44.2 Å². The Hall–Kier alpha value is -0.860. The molecule has 0 aromatic carbocycles. The molecule has 0 bridgehead atoms. The summed E-state index contributed by atoms with van der Waals surface area (Å²) in [5.41, 5.74) is 1.27. The smallest absolute Gasteiger partial charge is 0.194 e. The Kier molecular flexibility index (Phi) is 6.05. The van der Waals surface area contributed by atoms with E-state index < -0.39 is 0 Å². The molecule has 0 N–H and O–H groups in total. The van der Waals surface area contributed by atoms with Crippen LogP contribution in [0.2, 0.25) is 0 Å². The number of ether oxygens (including phenoxy) is 1. The van der Waals surface area contributed by atoms with Crippen molar-refractivity contribution in [3.63, 3.8) is 0 Å². The molecule has 15 heavy (non-hydrogen) atoms. The van der Waals surface area contributed by atoms with E-state index in [2.05, 4.69) is 17.1 Å². The molecule has 1 aliphatic rings. The Morgan fingerprint density at radius 1 is 1.33 bits per heavy atom. The van der Waals surface area contributed by atoms with E-state index in [4.69, 9.17) is 4.74 Å². The van der Waals surface area contributed by atoms with Crippen LogP contribution in [0.3, 0.4) is 0 Å². The molecule has 0 spiro atoms. The van der Waals surface area contributed by atoms with Gasteiger partial charge in [-0.3, -0.25) is 0 Å². The standard InChI is InChI=1S/C12H22N2O/c1-3-7-12(14-13-10-15-2)11-8-5-4-6-9-11/h10-11H,3-9H2,1-2H3/b13-10?,14-12+. The molecule has 86 valence electrons. The predicted octanol–water partition coefficient (Wildman–Crippen LogP) is 3.40. The lowest BCUT2D eigenvalue weighted by Gasteiger charge is -2.22. The van der Waals surface area contributed by atoms with E-state index in [0.29, 0.717) is 5.92 Å². The van der Waals surface area contributed by atoms with Crippen molar-refractivity contribution >= 4 is 12.1 Å². The van der Waals surface area contributed by atoms with Crippen molar-refractivity contribution in [2.24, 2.45) is 16.1 Å². The van der Waals surface area contributed by atoms with Crippen LogP contribution >= 0.6 is 0 Å². The molecule has 1 rings (SSSR count). The van der Waals surface area contributed by atoms with E-state index in [1.54, 1.807) is 7.11 Å². The third-order valence-electron chi connectivity index (χ3n) is 2.92. The second kappa shape index (κ2) is 7.43. The van der Waals surface area contributed by atoms with Crippen LogP contribution in [-0.2, 0) is 4.74 Å². The zero-order valence-corrected chi connectivity index (χ0v) is 9.91. The van der Waals surface area contributed by atoms with Gasteiger partial charge in [0.25, 0.3) is 0 Å². The quantitative estimate of drug-likeness (QED) is 0.389. The van der Waals surface area contributed by atoms with Gasteiger partial charge in [0.2, 0.25) is 0 Å². The van der Waals surface area contributed by atoms with Crippen LogP contribution in [0.25, 0.3) is 0 Å². The SMILES string of the molecule is CCC/C(=N\N=COC)C1CCCCC1. The lowest BCUT2D eigenvalue weighted by molar-refractivity contribution is 0.420. The summed E-state index contributed by atoms with van der Waals surface area (Å²) in [5.74, 6) is 0.674. The molecule has 0 unspecified atom stereocenters. The van der Waals surface area contributed by atoms with Gasteiger partial charge in [0, 0.05) is 5.71 Å². The second-order valence-electron chi connectivity index (χ2n) is 4.13. The molecule has 0 radical (unpaired) electrons. The maximum Gasteiger partial charge on any atom is 0.194 e. The Bertz CT molecular complexity index is 218. The van der Waals surface area contributed by atoms with Gasteiger partial charge in [0.15, 0.2) is 6.40 Å². The van der Waals surface area contributed by atoms with Gasteiger partial charge in [-0.05, 0) is 25.2 Å². The predicted molar refractivity (Wildman–Crippen MR) is 64.4 cm³/mol. The zero-order valence-electron chi connectivity index (χ0n) is 9.91. The van der Waals surface area contributed by atoms with Crippen molar-refractivity contribution in [2.45, 2.75) is 51.9 Å². The third-order valence-corrected chi connectivity index (χ3v) is 2.92. The van der Waals surface area contributed by atoms with Crippen molar-refractivity contribution in [2.75, 3.05) is 7.11 Å². The Morgan fingerprint density at radius 3 is 2.67 bits per heavy atom. The van der Waals surface area contributed by atoms with Gasteiger partial charge < -0.3 is 4.74 Å². The summed E-state index contributed by atoms with van der Waals surface area (Å²) < 4.78 is 4.76. The molecule has 0 atom stereocenters. The summed E-state index contributed by atoms with van der Waals surface area (Å²) in [7, 11) is 1.60. The van der Waals surface area contributed by atoms with Gasteiger partial charge in [-0.25, -0.2) is 0 Å². The molecular formula is C12H22N2O. The minimum Gasteiger partial charge on any atom is -0.485 e. The topological polar surface area (TPSA) is 34.0 Å². The first-order valence-corrected chi connectivity index (χ1v) is 5.99. The maximum absolute atomic E-state index is 4.76. The fraction of sp³-hybridized carbons (Fsp3) is 0.833. The highest BCUT2D eigenvalue weighted by Gasteiger charge is 2.18. The molecule has 1 aliphatic carbocycles. The minimum atomic E-state index is 0.674. The van der Waals surface area contributed by atoms with Crippen molar-refractivity contribution < 1.29 is 4.74 Å². The average Bonchev–Trinajstić information content (AvgIpc) is 2.29. The van der Waals surface area contributed by atoms with E-state index in [1.807, 2.05) is 0 Å². The summed E-state index contributed by atoms with van der Waals surface area (Å²) in [5, 5.41) is 8.21. The Labute approximate surface area is 92.6 Å². The summed E-state index contributed by atoms with van der Waals surface area (Å²) >= 11 is 0. The summed E-state index contributed by atoms with van der Waals surface area (Å²) in [6, 6.07) is 0. The van der Waals surface area contributed by atoms with Gasteiger partial charge in [0.05, 0.1) is 7.11 Å².